The highest BCUT2D eigenvalue weighted by atomic mass is 16.7. The Morgan fingerprint density at radius 1 is 0.762 bits per heavy atom. The maximum absolute atomic E-state index is 13.5. The van der Waals surface area contributed by atoms with E-state index in [9.17, 15) is 50.8 Å². The van der Waals surface area contributed by atoms with Gasteiger partial charge in [-0.25, -0.2) is 0 Å². The van der Waals surface area contributed by atoms with Gasteiger partial charge >= 0.3 is 0 Å². The minimum absolute atomic E-state index is 0.103. The van der Waals surface area contributed by atoms with Crippen LogP contribution in [-0.2, 0) is 14.2 Å². The first-order valence-electron chi connectivity index (χ1n) is 12.9. The average Bonchev–Trinajstić information content (AvgIpc) is 2.95. The number of aliphatic hydroxyl groups is 6. The van der Waals surface area contributed by atoms with Crippen LogP contribution in [0.2, 0.25) is 0 Å². The van der Waals surface area contributed by atoms with Crippen LogP contribution in [0.4, 0.5) is 0 Å². The first-order valence-corrected chi connectivity index (χ1v) is 12.9. The molecular formula is C27H30O15. The summed E-state index contributed by atoms with van der Waals surface area (Å²) in [6.45, 7) is 0.866. The number of phenolic OH excluding ortho intramolecular Hbond substituents is 3. The van der Waals surface area contributed by atoms with Crippen molar-refractivity contribution in [2.75, 3.05) is 6.61 Å². The number of fused-ring (bicyclic) bond motifs is 1. The fraction of sp³-hybridized carbons (Fsp3) is 0.444. The topological polar surface area (TPSA) is 249 Å². The summed E-state index contributed by atoms with van der Waals surface area (Å²) in [6.07, 6.45) is -15.8. The van der Waals surface area contributed by atoms with E-state index in [0.717, 1.165) is 12.1 Å². The molecule has 2 aromatic carbocycles. The van der Waals surface area contributed by atoms with Crippen LogP contribution in [0.5, 0.6) is 23.0 Å². The van der Waals surface area contributed by atoms with E-state index in [1.165, 1.54) is 31.2 Å². The molecule has 9 N–H and O–H groups in total. The van der Waals surface area contributed by atoms with Crippen LogP contribution in [0.15, 0.2) is 45.6 Å². The Hall–Kier alpha value is -3.51. The molecule has 3 aromatic rings. The quantitative estimate of drug-likeness (QED) is 0.159. The summed E-state index contributed by atoms with van der Waals surface area (Å²) in [5.41, 5.74) is -0.956. The summed E-state index contributed by atoms with van der Waals surface area (Å²) in [4.78, 5) is 13.5. The van der Waals surface area contributed by atoms with E-state index in [0.29, 0.717) is 0 Å². The van der Waals surface area contributed by atoms with Gasteiger partial charge in [0.15, 0.2) is 12.1 Å². The molecule has 2 fully saturated rings. The van der Waals surface area contributed by atoms with Crippen LogP contribution >= 0.6 is 0 Å². The maximum Gasteiger partial charge on any atom is 0.239 e. The summed E-state index contributed by atoms with van der Waals surface area (Å²) < 4.78 is 28.0. The Bertz CT molecular complexity index is 1470. The van der Waals surface area contributed by atoms with Crippen LogP contribution in [0.3, 0.4) is 0 Å². The van der Waals surface area contributed by atoms with Crippen molar-refractivity contribution in [1.29, 1.82) is 0 Å². The summed E-state index contributed by atoms with van der Waals surface area (Å²) >= 11 is 0. The van der Waals surface area contributed by atoms with Crippen LogP contribution < -0.4 is 10.2 Å². The Labute approximate surface area is 236 Å². The van der Waals surface area contributed by atoms with E-state index in [1.54, 1.807) is 0 Å². The highest BCUT2D eigenvalue weighted by molar-refractivity contribution is 5.88. The summed E-state index contributed by atoms with van der Waals surface area (Å²) in [5.74, 6) is -1.97. The smallest absolute Gasteiger partial charge is 0.239 e. The molecule has 10 atom stereocenters. The zero-order chi connectivity index (χ0) is 30.5. The Morgan fingerprint density at radius 2 is 1.40 bits per heavy atom. The van der Waals surface area contributed by atoms with Crippen molar-refractivity contribution in [2.45, 2.75) is 68.3 Å². The van der Waals surface area contributed by atoms with Crippen LogP contribution in [0, 0.1) is 0 Å². The lowest BCUT2D eigenvalue weighted by atomic mass is 9.98. The fourth-order valence-electron chi connectivity index (χ4n) is 4.79. The number of benzene rings is 2. The van der Waals surface area contributed by atoms with Crippen LogP contribution in [-0.4, -0.2) is 114 Å². The van der Waals surface area contributed by atoms with Crippen molar-refractivity contribution >= 4 is 11.0 Å². The molecule has 3 heterocycles. The molecule has 15 nitrogen and oxygen atoms in total. The fourth-order valence-corrected chi connectivity index (χ4v) is 4.79. The second kappa shape index (κ2) is 11.6. The van der Waals surface area contributed by atoms with Gasteiger partial charge in [-0.3, -0.25) is 4.79 Å². The number of aliphatic hydroxyl groups excluding tert-OH is 6. The predicted octanol–water partition coefficient (Wildman–Crippen LogP) is -1.39. The van der Waals surface area contributed by atoms with E-state index in [-0.39, 0.29) is 28.0 Å². The van der Waals surface area contributed by atoms with E-state index < -0.39 is 90.7 Å². The molecule has 0 saturated carbocycles. The second-order valence-electron chi connectivity index (χ2n) is 10.1. The largest absolute Gasteiger partial charge is 0.508 e. The third-order valence-corrected chi connectivity index (χ3v) is 7.18. The SMILES string of the molecule is CC1O[C@@H](OCC2O[C@@H](Oc3c(-c4ccc(O)cc4)oc4cc(O)cc(O)c4c3=O)C(O)C(O)[C@H]2O)C(O)[C@@H](O)[C@H]1O. The van der Waals surface area contributed by atoms with Gasteiger partial charge in [-0.2, -0.15) is 0 Å². The third kappa shape index (κ3) is 5.49. The molecule has 0 bridgehead atoms. The molecule has 1 aromatic heterocycles. The zero-order valence-electron chi connectivity index (χ0n) is 21.9. The van der Waals surface area contributed by atoms with Crippen molar-refractivity contribution in [1.82, 2.24) is 0 Å². The van der Waals surface area contributed by atoms with Crippen molar-refractivity contribution in [3.8, 4) is 34.3 Å². The molecule has 15 heteroatoms. The Kier molecular flexibility index (Phi) is 8.30. The van der Waals surface area contributed by atoms with Crippen LogP contribution in [0.1, 0.15) is 6.92 Å². The van der Waals surface area contributed by atoms with Crippen molar-refractivity contribution in [2.24, 2.45) is 0 Å². The molecule has 228 valence electrons. The average molecular weight is 595 g/mol. The standard InChI is InChI=1S/C27H30O15/c1-9-17(31)20(34)22(36)26(39-9)38-8-15-18(32)21(35)23(37)27(41-15)42-25-19(33)16-13(30)6-12(29)7-14(16)40-24(25)10-2-4-11(28)5-3-10/h2-7,9,15,17-18,20-23,26-32,34-37H,8H2,1H3/t9?,15?,17-,18-,20-,21?,22?,23?,26+,27-/m0/s1. The number of aromatic hydroxyl groups is 3. The molecule has 0 amide bonds. The molecule has 2 saturated heterocycles. The number of ether oxygens (including phenoxy) is 4. The lowest BCUT2D eigenvalue weighted by Gasteiger charge is -2.42. The van der Waals surface area contributed by atoms with Gasteiger partial charge in [0.05, 0.1) is 12.7 Å². The maximum atomic E-state index is 13.5. The number of hydrogen-bond donors (Lipinski definition) is 9. The van der Waals surface area contributed by atoms with E-state index in [2.05, 4.69) is 0 Å². The normalized spacial score (nSPS) is 33.5. The van der Waals surface area contributed by atoms with Gasteiger partial charge in [0.25, 0.3) is 0 Å². The van der Waals surface area contributed by atoms with E-state index >= 15 is 0 Å². The Morgan fingerprint density at radius 3 is 2.10 bits per heavy atom. The molecule has 0 aliphatic carbocycles. The lowest BCUT2D eigenvalue weighted by Crippen LogP contribution is -2.61. The predicted molar refractivity (Wildman–Crippen MR) is 139 cm³/mol. The van der Waals surface area contributed by atoms with Gasteiger partial charge in [-0.15, -0.1) is 0 Å². The second-order valence-corrected chi connectivity index (χ2v) is 10.1. The molecular weight excluding hydrogens is 564 g/mol. The van der Waals surface area contributed by atoms with E-state index in [4.69, 9.17) is 23.4 Å². The van der Waals surface area contributed by atoms with Crippen LogP contribution in [0.25, 0.3) is 22.3 Å². The first-order chi connectivity index (χ1) is 19.9. The minimum Gasteiger partial charge on any atom is -0.508 e. The van der Waals surface area contributed by atoms with Gasteiger partial charge in [-0.1, -0.05) is 0 Å². The van der Waals surface area contributed by atoms with Gasteiger partial charge in [0.2, 0.25) is 17.5 Å². The lowest BCUT2D eigenvalue weighted by molar-refractivity contribution is -0.318. The molecule has 5 unspecified atom stereocenters. The van der Waals surface area contributed by atoms with Crippen molar-refractivity contribution in [3.63, 3.8) is 0 Å². The molecule has 0 radical (unpaired) electrons. The van der Waals surface area contributed by atoms with E-state index in [1.807, 2.05) is 0 Å². The molecule has 2 aliphatic rings. The van der Waals surface area contributed by atoms with Gasteiger partial charge in [0, 0.05) is 17.7 Å². The highest BCUT2D eigenvalue weighted by Gasteiger charge is 2.47. The van der Waals surface area contributed by atoms with Gasteiger partial charge in [-0.05, 0) is 31.2 Å². The number of phenols is 3. The Balaban J connectivity index is 1.46. The monoisotopic (exact) mass is 594 g/mol. The van der Waals surface area contributed by atoms with Gasteiger partial charge in [0.1, 0.15) is 70.9 Å². The summed E-state index contributed by atoms with van der Waals surface area (Å²) in [6, 6.07) is 7.33. The van der Waals surface area contributed by atoms with Crippen molar-refractivity contribution < 1.29 is 69.3 Å². The van der Waals surface area contributed by atoms with Crippen molar-refractivity contribution in [3.05, 3.63) is 46.6 Å². The number of rotatable bonds is 6. The first kappa shape index (κ1) is 30.0. The molecule has 2 aliphatic heterocycles. The minimum atomic E-state index is -1.92. The molecule has 5 rings (SSSR count). The number of hydrogen-bond acceptors (Lipinski definition) is 15. The highest BCUT2D eigenvalue weighted by Crippen LogP contribution is 2.37. The summed E-state index contributed by atoms with van der Waals surface area (Å²) in [5, 5.41) is 91.4. The summed E-state index contributed by atoms with van der Waals surface area (Å²) in [7, 11) is 0. The molecule has 0 spiro atoms. The molecule has 42 heavy (non-hydrogen) atoms. The zero-order valence-corrected chi connectivity index (χ0v) is 21.9. The third-order valence-electron chi connectivity index (χ3n) is 7.18. The van der Waals surface area contributed by atoms with Gasteiger partial charge < -0.3 is 69.3 Å².